The maximum atomic E-state index is 13.5. The topological polar surface area (TPSA) is 58.5 Å². The monoisotopic (exact) mass is 368 g/mol. The van der Waals surface area contributed by atoms with E-state index in [1.165, 1.54) is 24.3 Å². The quantitative estimate of drug-likeness (QED) is 0.717. The first-order chi connectivity index (χ1) is 12.5. The number of carbonyl (C=O) groups is 1. The first-order valence-electron chi connectivity index (χ1n) is 7.93. The van der Waals surface area contributed by atoms with Crippen LogP contribution in [0, 0.1) is 12.7 Å². The molecule has 0 aliphatic rings. The fraction of sp³-hybridized carbons (Fsp3) is 0.0500. The van der Waals surface area contributed by atoms with Crippen molar-refractivity contribution in [2.24, 2.45) is 4.36 Å². The molecule has 0 saturated carbocycles. The van der Waals surface area contributed by atoms with E-state index in [1.807, 2.05) is 6.92 Å². The number of carbonyl (C=O) groups excluding carboxylic acids is 1. The summed E-state index contributed by atoms with van der Waals surface area (Å²) in [5.74, 6) is -1.000. The highest BCUT2D eigenvalue weighted by Crippen LogP contribution is 2.20. The Kier molecular flexibility index (Phi) is 5.14. The van der Waals surface area contributed by atoms with Crippen LogP contribution < -0.4 is 4.72 Å². The molecule has 0 aliphatic carbocycles. The van der Waals surface area contributed by atoms with Gasteiger partial charge in [-0.2, -0.15) is 0 Å². The molecule has 0 radical (unpaired) electrons. The summed E-state index contributed by atoms with van der Waals surface area (Å²) in [5, 5.41) is 0. The van der Waals surface area contributed by atoms with Gasteiger partial charge in [-0.05, 0) is 55.5 Å². The summed E-state index contributed by atoms with van der Waals surface area (Å²) in [4.78, 5) is 12.9. The highest BCUT2D eigenvalue weighted by molar-refractivity contribution is 7.95. The van der Waals surface area contributed by atoms with Gasteiger partial charge in [-0.3, -0.25) is 9.52 Å². The van der Waals surface area contributed by atoms with Crippen molar-refractivity contribution < 1.29 is 13.4 Å². The minimum atomic E-state index is -3.29. The van der Waals surface area contributed by atoms with Gasteiger partial charge in [0.1, 0.15) is 5.82 Å². The van der Waals surface area contributed by atoms with E-state index in [0.717, 1.165) is 5.56 Å². The molecule has 0 bridgehead atoms. The largest absolute Gasteiger partial charge is 0.295 e. The molecule has 0 spiro atoms. The second-order valence-electron chi connectivity index (χ2n) is 5.71. The Labute approximate surface area is 152 Å². The number of nitrogens with one attached hydrogen (secondary N) is 1. The smallest absolute Gasteiger partial charge is 0.286 e. The zero-order valence-electron chi connectivity index (χ0n) is 14.1. The molecule has 1 atom stereocenters. The third-order valence-electron chi connectivity index (χ3n) is 3.67. The summed E-state index contributed by atoms with van der Waals surface area (Å²) in [5.41, 5.74) is 1.74. The number of hydrogen-bond donors (Lipinski definition) is 1. The van der Waals surface area contributed by atoms with Gasteiger partial charge in [-0.25, -0.2) is 8.60 Å². The fourth-order valence-corrected chi connectivity index (χ4v) is 3.85. The highest BCUT2D eigenvalue weighted by Gasteiger charge is 2.16. The van der Waals surface area contributed by atoms with Gasteiger partial charge in [-0.1, -0.05) is 35.9 Å². The van der Waals surface area contributed by atoms with E-state index in [4.69, 9.17) is 0 Å². The van der Waals surface area contributed by atoms with Gasteiger partial charge in [0.15, 0.2) is 9.92 Å². The number of rotatable bonds is 4. The van der Waals surface area contributed by atoms with E-state index < -0.39 is 21.6 Å². The Balaban J connectivity index is 2.07. The summed E-state index contributed by atoms with van der Waals surface area (Å²) >= 11 is 0. The molecule has 132 valence electrons. The minimum absolute atomic E-state index is 0.341. The molecule has 0 saturated heterocycles. The summed E-state index contributed by atoms with van der Waals surface area (Å²) in [6.45, 7) is 1.91. The van der Waals surface area contributed by atoms with E-state index in [0.29, 0.717) is 16.1 Å². The summed E-state index contributed by atoms with van der Waals surface area (Å²) in [7, 11) is -3.29. The molecular weight excluding hydrogens is 351 g/mol. The number of benzene rings is 3. The van der Waals surface area contributed by atoms with E-state index in [9.17, 15) is 13.4 Å². The highest BCUT2D eigenvalue weighted by atomic mass is 32.2. The average molecular weight is 368 g/mol. The Hall–Kier alpha value is -2.99. The molecule has 0 fully saturated rings. The van der Waals surface area contributed by atoms with Crippen molar-refractivity contribution in [3.05, 3.63) is 95.8 Å². The third-order valence-corrected chi connectivity index (χ3v) is 5.52. The van der Waals surface area contributed by atoms with Crippen molar-refractivity contribution in [3.63, 3.8) is 0 Å². The van der Waals surface area contributed by atoms with E-state index in [1.54, 1.807) is 54.6 Å². The van der Waals surface area contributed by atoms with Gasteiger partial charge in [0.25, 0.3) is 5.91 Å². The van der Waals surface area contributed by atoms with Gasteiger partial charge >= 0.3 is 0 Å². The van der Waals surface area contributed by atoms with Crippen LogP contribution in [0.5, 0.6) is 0 Å². The predicted molar refractivity (Wildman–Crippen MR) is 101 cm³/mol. The summed E-state index contributed by atoms with van der Waals surface area (Å²) in [6, 6.07) is 20.7. The van der Waals surface area contributed by atoms with Crippen LogP contribution in [-0.4, -0.2) is 10.1 Å². The van der Waals surface area contributed by atoms with Crippen LogP contribution in [0.4, 0.5) is 10.1 Å². The average Bonchev–Trinajstić information content (AvgIpc) is 2.65. The molecular formula is C20H17FN2O2S. The number of nitrogens with zero attached hydrogens (tertiary/aromatic N) is 1. The molecule has 1 amide bonds. The number of amides is 1. The molecule has 0 heterocycles. The second-order valence-corrected chi connectivity index (χ2v) is 7.62. The third kappa shape index (κ3) is 4.15. The van der Waals surface area contributed by atoms with Gasteiger partial charge in [0, 0.05) is 11.3 Å². The van der Waals surface area contributed by atoms with Crippen molar-refractivity contribution in [1.29, 1.82) is 0 Å². The maximum absolute atomic E-state index is 13.5. The lowest BCUT2D eigenvalue weighted by atomic mass is 10.2. The molecule has 0 aliphatic heterocycles. The lowest BCUT2D eigenvalue weighted by Crippen LogP contribution is -2.15. The van der Waals surface area contributed by atoms with Crippen LogP contribution in [0.2, 0.25) is 0 Å². The van der Waals surface area contributed by atoms with Gasteiger partial charge < -0.3 is 0 Å². The van der Waals surface area contributed by atoms with Crippen LogP contribution in [0.25, 0.3) is 0 Å². The van der Waals surface area contributed by atoms with Crippen molar-refractivity contribution >= 4 is 21.5 Å². The first kappa shape index (κ1) is 17.8. The molecule has 3 aromatic rings. The molecule has 1 unspecified atom stereocenters. The van der Waals surface area contributed by atoms with E-state index >= 15 is 0 Å². The Bertz CT molecular complexity index is 1020. The van der Waals surface area contributed by atoms with Gasteiger partial charge in [-0.15, -0.1) is 4.36 Å². The van der Waals surface area contributed by atoms with Crippen LogP contribution in [-0.2, 0) is 9.92 Å². The fourth-order valence-electron chi connectivity index (χ4n) is 2.29. The van der Waals surface area contributed by atoms with Crippen molar-refractivity contribution in [3.8, 4) is 0 Å². The first-order valence-corrected chi connectivity index (χ1v) is 9.44. The van der Waals surface area contributed by atoms with Gasteiger partial charge in [0.05, 0.1) is 4.90 Å². The molecule has 0 aromatic heterocycles. The number of aryl methyl sites for hydroxylation is 1. The SMILES string of the molecule is Cc1ccc(S(=O)(=NC(=O)c2ccccc2)Nc2ccc(F)cc2)cc1. The summed E-state index contributed by atoms with van der Waals surface area (Å²) < 4.78 is 33.5. The standard InChI is InChI=1S/C20H17FN2O2S/c1-15-7-13-19(14-8-15)26(25,22-18-11-9-17(21)10-12-18)23-20(24)16-5-3-2-4-6-16/h2-14H,1H3,(H,22,23,24,25). The zero-order chi connectivity index (χ0) is 18.6. The van der Waals surface area contributed by atoms with Crippen LogP contribution in [0.1, 0.15) is 15.9 Å². The molecule has 4 nitrogen and oxygen atoms in total. The lowest BCUT2D eigenvalue weighted by Gasteiger charge is -2.13. The molecule has 3 rings (SSSR count). The van der Waals surface area contributed by atoms with Crippen molar-refractivity contribution in [2.45, 2.75) is 11.8 Å². The number of anilines is 1. The van der Waals surface area contributed by atoms with E-state index in [2.05, 4.69) is 9.08 Å². The Morgan fingerprint density at radius 3 is 2.15 bits per heavy atom. The summed E-state index contributed by atoms with van der Waals surface area (Å²) in [6.07, 6.45) is 0. The van der Waals surface area contributed by atoms with Crippen LogP contribution >= 0.6 is 0 Å². The predicted octanol–water partition coefficient (Wildman–Crippen LogP) is 4.83. The molecule has 1 N–H and O–H groups in total. The normalized spacial score (nSPS) is 12.8. The number of halogens is 1. The lowest BCUT2D eigenvalue weighted by molar-refractivity contribution is 0.100. The maximum Gasteiger partial charge on any atom is 0.286 e. The Morgan fingerprint density at radius 2 is 1.54 bits per heavy atom. The molecule has 26 heavy (non-hydrogen) atoms. The van der Waals surface area contributed by atoms with Gasteiger partial charge in [0.2, 0.25) is 0 Å². The van der Waals surface area contributed by atoms with Crippen LogP contribution in [0.3, 0.4) is 0 Å². The van der Waals surface area contributed by atoms with Crippen LogP contribution in [0.15, 0.2) is 88.1 Å². The Morgan fingerprint density at radius 1 is 0.923 bits per heavy atom. The number of hydrogen-bond acceptors (Lipinski definition) is 2. The zero-order valence-corrected chi connectivity index (χ0v) is 14.9. The van der Waals surface area contributed by atoms with E-state index in [-0.39, 0.29) is 0 Å². The minimum Gasteiger partial charge on any atom is -0.295 e. The van der Waals surface area contributed by atoms with Crippen molar-refractivity contribution in [2.75, 3.05) is 4.72 Å². The molecule has 3 aromatic carbocycles. The molecule has 6 heteroatoms. The van der Waals surface area contributed by atoms with Crippen molar-refractivity contribution in [1.82, 2.24) is 0 Å². The second kappa shape index (κ2) is 7.49.